The molecule has 1 aliphatic rings. The van der Waals surface area contributed by atoms with Crippen LogP contribution in [0.25, 0.3) is 0 Å². The molecule has 1 fully saturated rings. The first-order chi connectivity index (χ1) is 8.83. The molecule has 0 spiro atoms. The van der Waals surface area contributed by atoms with Gasteiger partial charge in [-0.3, -0.25) is 0 Å². The molecule has 0 amide bonds. The van der Waals surface area contributed by atoms with E-state index in [1.165, 1.54) is 24.9 Å². The molecule has 3 nitrogen and oxygen atoms in total. The zero-order valence-corrected chi connectivity index (χ0v) is 11.5. The maximum absolute atomic E-state index is 5.19. The number of nitrogens with zero attached hydrogens (tertiary/aromatic N) is 1. The van der Waals surface area contributed by atoms with Crippen molar-refractivity contribution in [3.63, 3.8) is 0 Å². The van der Waals surface area contributed by atoms with Crippen LogP contribution in [0.15, 0.2) is 24.3 Å². The zero-order chi connectivity index (χ0) is 12.8. The monoisotopic (exact) mass is 248 g/mol. The predicted molar refractivity (Wildman–Crippen MR) is 76.5 cm³/mol. The maximum Gasteiger partial charge on any atom is 0.119 e. The van der Waals surface area contributed by atoms with Crippen LogP contribution in [0.1, 0.15) is 26.2 Å². The summed E-state index contributed by atoms with van der Waals surface area (Å²) in [7, 11) is 1.71. The number of rotatable bonds is 5. The molecule has 1 saturated heterocycles. The van der Waals surface area contributed by atoms with Crippen LogP contribution < -0.4 is 15.0 Å². The van der Waals surface area contributed by atoms with Gasteiger partial charge in [-0.25, -0.2) is 0 Å². The van der Waals surface area contributed by atoms with Gasteiger partial charge < -0.3 is 15.0 Å². The molecule has 0 saturated carbocycles. The molecule has 0 unspecified atom stereocenters. The van der Waals surface area contributed by atoms with E-state index in [9.17, 15) is 0 Å². The number of methoxy groups -OCH3 is 1. The molecular formula is C15H24N2O. The summed E-state index contributed by atoms with van der Waals surface area (Å²) in [4.78, 5) is 2.46. The van der Waals surface area contributed by atoms with E-state index in [0.717, 1.165) is 25.4 Å². The van der Waals surface area contributed by atoms with E-state index >= 15 is 0 Å². The highest BCUT2D eigenvalue weighted by Crippen LogP contribution is 2.22. The molecule has 1 aliphatic heterocycles. The first-order valence-electron chi connectivity index (χ1n) is 6.96. The van der Waals surface area contributed by atoms with E-state index in [2.05, 4.69) is 29.3 Å². The number of anilines is 1. The first kappa shape index (κ1) is 13.2. The average molecular weight is 248 g/mol. The van der Waals surface area contributed by atoms with E-state index in [1.54, 1.807) is 7.11 Å². The van der Waals surface area contributed by atoms with Crippen LogP contribution in [0.5, 0.6) is 5.75 Å². The van der Waals surface area contributed by atoms with Gasteiger partial charge in [0.2, 0.25) is 0 Å². The van der Waals surface area contributed by atoms with Crippen LogP contribution in [-0.4, -0.2) is 32.8 Å². The largest absolute Gasteiger partial charge is 0.497 e. The van der Waals surface area contributed by atoms with E-state index in [1.807, 2.05) is 12.1 Å². The van der Waals surface area contributed by atoms with Gasteiger partial charge in [0.05, 0.1) is 7.11 Å². The molecule has 0 atom stereocenters. The number of hydrogen-bond acceptors (Lipinski definition) is 3. The third-order valence-electron chi connectivity index (χ3n) is 3.62. The lowest BCUT2D eigenvalue weighted by Crippen LogP contribution is -2.42. The number of nitrogens with one attached hydrogen (secondary N) is 1. The van der Waals surface area contributed by atoms with Gasteiger partial charge in [-0.05, 0) is 50.1 Å². The topological polar surface area (TPSA) is 24.5 Å². The van der Waals surface area contributed by atoms with Crippen LogP contribution in [0.2, 0.25) is 0 Å². The fourth-order valence-corrected chi connectivity index (χ4v) is 2.48. The Bertz CT molecular complexity index is 342. The third kappa shape index (κ3) is 3.39. The van der Waals surface area contributed by atoms with Crippen LogP contribution in [0, 0.1) is 0 Å². The number of piperidine rings is 1. The number of hydrogen-bond donors (Lipinski definition) is 1. The summed E-state index contributed by atoms with van der Waals surface area (Å²) in [6.07, 6.45) is 3.71. The standard InChI is InChI=1S/C15H24N2O/c1-3-10-16-13-8-11-17(12-9-13)14-4-6-15(18-2)7-5-14/h4-7,13,16H,3,8-12H2,1-2H3. The minimum atomic E-state index is 0.708. The van der Waals surface area contributed by atoms with Crippen LogP contribution >= 0.6 is 0 Å². The highest BCUT2D eigenvalue weighted by Gasteiger charge is 2.18. The lowest BCUT2D eigenvalue weighted by atomic mass is 10.0. The predicted octanol–water partition coefficient (Wildman–Crippen LogP) is 2.66. The van der Waals surface area contributed by atoms with E-state index in [-0.39, 0.29) is 0 Å². The summed E-state index contributed by atoms with van der Waals surface area (Å²) in [5, 5.41) is 3.61. The Morgan fingerprint density at radius 2 is 1.89 bits per heavy atom. The molecule has 0 radical (unpaired) electrons. The van der Waals surface area contributed by atoms with Gasteiger partial charge in [0.15, 0.2) is 0 Å². The lowest BCUT2D eigenvalue weighted by molar-refractivity contribution is 0.412. The second-order valence-corrected chi connectivity index (χ2v) is 4.91. The van der Waals surface area contributed by atoms with Crippen molar-refractivity contribution in [1.29, 1.82) is 0 Å². The Morgan fingerprint density at radius 3 is 2.44 bits per heavy atom. The van der Waals surface area contributed by atoms with Crippen LogP contribution in [-0.2, 0) is 0 Å². The second-order valence-electron chi connectivity index (χ2n) is 4.91. The van der Waals surface area contributed by atoms with Crippen LogP contribution in [0.3, 0.4) is 0 Å². The van der Waals surface area contributed by atoms with Gasteiger partial charge in [-0.2, -0.15) is 0 Å². The third-order valence-corrected chi connectivity index (χ3v) is 3.62. The minimum Gasteiger partial charge on any atom is -0.497 e. The Morgan fingerprint density at radius 1 is 1.22 bits per heavy atom. The molecule has 0 aliphatic carbocycles. The van der Waals surface area contributed by atoms with Crippen molar-refractivity contribution in [2.24, 2.45) is 0 Å². The SMILES string of the molecule is CCCNC1CCN(c2ccc(OC)cc2)CC1. The number of ether oxygens (including phenoxy) is 1. The molecule has 1 aromatic rings. The molecular weight excluding hydrogens is 224 g/mol. The molecule has 0 bridgehead atoms. The first-order valence-corrected chi connectivity index (χ1v) is 6.96. The second kappa shape index (κ2) is 6.64. The molecule has 18 heavy (non-hydrogen) atoms. The van der Waals surface area contributed by atoms with Gasteiger partial charge in [-0.15, -0.1) is 0 Å². The highest BCUT2D eigenvalue weighted by molar-refractivity contribution is 5.49. The fourth-order valence-electron chi connectivity index (χ4n) is 2.48. The molecule has 100 valence electrons. The normalized spacial score (nSPS) is 16.9. The Hall–Kier alpha value is -1.22. The van der Waals surface area contributed by atoms with Crippen molar-refractivity contribution < 1.29 is 4.74 Å². The van der Waals surface area contributed by atoms with E-state index < -0.39 is 0 Å². The molecule has 3 heteroatoms. The van der Waals surface area contributed by atoms with Gasteiger partial charge >= 0.3 is 0 Å². The minimum absolute atomic E-state index is 0.708. The van der Waals surface area contributed by atoms with Gasteiger partial charge in [0.1, 0.15) is 5.75 Å². The highest BCUT2D eigenvalue weighted by atomic mass is 16.5. The summed E-state index contributed by atoms with van der Waals surface area (Å²) >= 11 is 0. The maximum atomic E-state index is 5.19. The molecule has 0 aromatic heterocycles. The Labute approximate surface area is 110 Å². The molecule has 2 rings (SSSR count). The van der Waals surface area contributed by atoms with E-state index in [4.69, 9.17) is 4.74 Å². The smallest absolute Gasteiger partial charge is 0.119 e. The van der Waals surface area contributed by atoms with Crippen molar-refractivity contribution in [1.82, 2.24) is 5.32 Å². The van der Waals surface area contributed by atoms with Crippen molar-refractivity contribution in [2.45, 2.75) is 32.2 Å². The number of benzene rings is 1. The quantitative estimate of drug-likeness (QED) is 0.867. The summed E-state index contributed by atoms with van der Waals surface area (Å²) in [6, 6.07) is 9.09. The summed E-state index contributed by atoms with van der Waals surface area (Å²) < 4.78 is 5.19. The van der Waals surface area contributed by atoms with Gasteiger partial charge in [0, 0.05) is 24.8 Å². The zero-order valence-electron chi connectivity index (χ0n) is 11.5. The average Bonchev–Trinajstić information content (AvgIpc) is 2.46. The van der Waals surface area contributed by atoms with E-state index in [0.29, 0.717) is 6.04 Å². The lowest BCUT2D eigenvalue weighted by Gasteiger charge is -2.34. The summed E-state index contributed by atoms with van der Waals surface area (Å²) in [6.45, 7) is 5.66. The summed E-state index contributed by atoms with van der Waals surface area (Å²) in [5.41, 5.74) is 1.31. The van der Waals surface area contributed by atoms with Crippen molar-refractivity contribution in [2.75, 3.05) is 31.6 Å². The molecule has 1 heterocycles. The Balaban J connectivity index is 1.84. The Kier molecular flexibility index (Phi) is 4.88. The van der Waals surface area contributed by atoms with Crippen molar-refractivity contribution >= 4 is 5.69 Å². The fraction of sp³-hybridized carbons (Fsp3) is 0.600. The summed E-state index contributed by atoms with van der Waals surface area (Å²) in [5.74, 6) is 0.929. The van der Waals surface area contributed by atoms with Crippen molar-refractivity contribution in [3.8, 4) is 5.75 Å². The molecule has 1 N–H and O–H groups in total. The van der Waals surface area contributed by atoms with Crippen molar-refractivity contribution in [3.05, 3.63) is 24.3 Å². The van der Waals surface area contributed by atoms with Gasteiger partial charge in [0.25, 0.3) is 0 Å². The van der Waals surface area contributed by atoms with Crippen LogP contribution in [0.4, 0.5) is 5.69 Å². The molecule has 1 aromatic carbocycles. The van der Waals surface area contributed by atoms with Gasteiger partial charge in [-0.1, -0.05) is 6.92 Å².